The van der Waals surface area contributed by atoms with Crippen LogP contribution in [-0.4, -0.2) is 71.0 Å². The van der Waals surface area contributed by atoms with Crippen LogP contribution in [0, 0.1) is 39.9 Å². The first-order valence-electron chi connectivity index (χ1n) is 14.3. The van der Waals surface area contributed by atoms with E-state index in [-0.39, 0.29) is 46.5 Å². The Bertz CT molecular complexity index is 1330. The lowest BCUT2D eigenvalue weighted by atomic mass is 9.39. The highest BCUT2D eigenvalue weighted by atomic mass is 16.6. The minimum atomic E-state index is -0.691. The number of carbonyl (C=O) groups is 3. The number of aliphatic hydroxyl groups excluding tert-OH is 1. The molecule has 3 saturated heterocycles. The Morgan fingerprint density at radius 1 is 1.03 bits per heavy atom. The van der Waals surface area contributed by atoms with Crippen molar-refractivity contribution in [1.29, 1.82) is 0 Å². The molecule has 9 fully saturated rings. The van der Waals surface area contributed by atoms with E-state index in [1.165, 1.54) is 13.8 Å². The van der Waals surface area contributed by atoms with E-state index in [0.29, 0.717) is 18.0 Å². The second-order valence-corrected chi connectivity index (χ2v) is 13.7. The molecule has 8 nitrogen and oxygen atoms in total. The molecule has 6 aliphatic carbocycles. The van der Waals surface area contributed by atoms with Crippen LogP contribution in [-0.2, 0) is 23.8 Å². The maximum absolute atomic E-state index is 13.4. The standard InChI is InChI=1S/C31H35NO7/c1-14-10-30-11-18-24-29(4)12-19(39-28(36)17-8-6-5-7-9-17)27(38-16(3)34)31(24)25(30)23(37-15(2)33)20(14)22(35)21(30)26(31)32(18)13-29/h5-9,18-27,35H,1,10-13H2,2-4H3/t18-,19-,20+,21+,22-,23+,24+,25+,26-,27+,29-,30+,31-/m0/s1. The lowest BCUT2D eigenvalue weighted by Crippen LogP contribution is -2.71. The zero-order valence-electron chi connectivity index (χ0n) is 22.5. The van der Waals surface area contributed by atoms with Crippen LogP contribution in [0.25, 0.3) is 0 Å². The number of nitrogens with zero attached hydrogens (tertiary/aromatic N) is 1. The number of hydrogen-bond donors (Lipinski definition) is 1. The summed E-state index contributed by atoms with van der Waals surface area (Å²) in [5.41, 5.74) is 0.361. The van der Waals surface area contributed by atoms with Crippen LogP contribution in [0.2, 0.25) is 0 Å². The number of carbonyl (C=O) groups excluding carboxylic acids is 3. The Labute approximate surface area is 227 Å². The maximum Gasteiger partial charge on any atom is 0.338 e. The molecule has 8 heteroatoms. The fourth-order valence-corrected chi connectivity index (χ4v) is 12.1. The molecule has 10 rings (SSSR count). The molecule has 1 aromatic carbocycles. The number of esters is 3. The van der Waals surface area contributed by atoms with Crippen LogP contribution in [0.5, 0.6) is 0 Å². The molecule has 0 radical (unpaired) electrons. The molecular formula is C31H35NO7. The minimum absolute atomic E-state index is 0.0303. The molecular weight excluding hydrogens is 498 g/mol. The molecule has 0 amide bonds. The van der Waals surface area contributed by atoms with Gasteiger partial charge in [0, 0.05) is 55.6 Å². The largest absolute Gasteiger partial charge is 0.461 e. The third-order valence-electron chi connectivity index (χ3n) is 12.1. The van der Waals surface area contributed by atoms with Gasteiger partial charge in [-0.25, -0.2) is 4.79 Å². The van der Waals surface area contributed by atoms with Gasteiger partial charge in [0.25, 0.3) is 0 Å². The summed E-state index contributed by atoms with van der Waals surface area (Å²) in [7, 11) is 0. The number of rotatable bonds is 4. The highest BCUT2D eigenvalue weighted by Crippen LogP contribution is 2.87. The number of benzene rings is 1. The van der Waals surface area contributed by atoms with Crippen LogP contribution in [0.3, 0.4) is 0 Å². The van der Waals surface area contributed by atoms with Crippen molar-refractivity contribution in [2.75, 3.05) is 6.54 Å². The third kappa shape index (κ3) is 2.57. The Morgan fingerprint density at radius 3 is 2.44 bits per heavy atom. The molecule has 39 heavy (non-hydrogen) atoms. The molecule has 6 saturated carbocycles. The predicted molar refractivity (Wildman–Crippen MR) is 137 cm³/mol. The Hall–Kier alpha value is -2.71. The molecule has 2 spiro atoms. The van der Waals surface area contributed by atoms with E-state index in [4.69, 9.17) is 14.2 Å². The average Bonchev–Trinajstić information content (AvgIpc) is 3.30. The molecule has 1 unspecified atom stereocenters. The molecule has 9 aliphatic rings. The van der Waals surface area contributed by atoms with Gasteiger partial charge < -0.3 is 19.3 Å². The summed E-state index contributed by atoms with van der Waals surface area (Å²) in [6.45, 7) is 10.3. The van der Waals surface area contributed by atoms with E-state index < -0.39 is 41.8 Å². The van der Waals surface area contributed by atoms with Gasteiger partial charge in [-0.1, -0.05) is 37.3 Å². The van der Waals surface area contributed by atoms with Crippen molar-refractivity contribution in [1.82, 2.24) is 4.90 Å². The lowest BCUT2D eigenvalue weighted by Gasteiger charge is -2.67. The zero-order chi connectivity index (χ0) is 27.2. The Kier molecular flexibility index (Phi) is 4.53. The third-order valence-corrected chi connectivity index (χ3v) is 12.1. The molecule has 9 bridgehead atoms. The van der Waals surface area contributed by atoms with Crippen LogP contribution in [0.4, 0.5) is 0 Å². The highest BCUT2D eigenvalue weighted by Gasteiger charge is 2.93. The van der Waals surface area contributed by atoms with Gasteiger partial charge in [-0.3, -0.25) is 14.5 Å². The highest BCUT2D eigenvalue weighted by molar-refractivity contribution is 5.89. The van der Waals surface area contributed by atoms with E-state index in [1.807, 2.05) is 6.07 Å². The average molecular weight is 534 g/mol. The number of fused-ring (bicyclic) bond motifs is 1. The second kappa shape index (κ2) is 7.32. The van der Waals surface area contributed by atoms with Gasteiger partial charge in [-0.05, 0) is 48.1 Å². The van der Waals surface area contributed by atoms with E-state index in [1.54, 1.807) is 24.3 Å². The smallest absolute Gasteiger partial charge is 0.338 e. The number of aliphatic hydroxyl groups is 1. The monoisotopic (exact) mass is 533 g/mol. The van der Waals surface area contributed by atoms with Gasteiger partial charge in [0.15, 0.2) is 0 Å². The van der Waals surface area contributed by atoms with Gasteiger partial charge in [0.1, 0.15) is 18.3 Å². The summed E-state index contributed by atoms with van der Waals surface area (Å²) in [5.74, 6) is -1.54. The van der Waals surface area contributed by atoms with Crippen LogP contribution in [0.15, 0.2) is 42.5 Å². The lowest BCUT2D eigenvalue weighted by molar-refractivity contribution is -0.254. The van der Waals surface area contributed by atoms with Gasteiger partial charge in [0.2, 0.25) is 0 Å². The second-order valence-electron chi connectivity index (χ2n) is 13.7. The number of hydrogen-bond acceptors (Lipinski definition) is 8. The van der Waals surface area contributed by atoms with Crippen molar-refractivity contribution < 1.29 is 33.7 Å². The van der Waals surface area contributed by atoms with Crippen molar-refractivity contribution in [3.8, 4) is 0 Å². The quantitative estimate of drug-likeness (QED) is 0.358. The molecule has 206 valence electrons. The van der Waals surface area contributed by atoms with E-state index in [2.05, 4.69) is 18.4 Å². The predicted octanol–water partition coefficient (Wildman–Crippen LogP) is 2.74. The van der Waals surface area contributed by atoms with Crippen LogP contribution >= 0.6 is 0 Å². The summed E-state index contributed by atoms with van der Waals surface area (Å²) < 4.78 is 18.7. The van der Waals surface area contributed by atoms with Gasteiger partial charge >= 0.3 is 17.9 Å². The first kappa shape index (κ1) is 24.1. The van der Waals surface area contributed by atoms with E-state index >= 15 is 0 Å². The van der Waals surface area contributed by atoms with Gasteiger partial charge in [0.05, 0.1) is 11.7 Å². The Morgan fingerprint density at radius 2 is 1.74 bits per heavy atom. The fraction of sp³-hybridized carbons (Fsp3) is 0.645. The molecule has 14 atom stereocenters. The van der Waals surface area contributed by atoms with Crippen molar-refractivity contribution >= 4 is 17.9 Å². The first-order valence-corrected chi connectivity index (χ1v) is 14.3. The summed E-state index contributed by atoms with van der Waals surface area (Å²) in [4.78, 5) is 41.2. The summed E-state index contributed by atoms with van der Waals surface area (Å²) >= 11 is 0. The van der Waals surface area contributed by atoms with Gasteiger partial charge in [-0.2, -0.15) is 0 Å². The summed E-state index contributed by atoms with van der Waals surface area (Å²) in [5, 5.41) is 11.9. The molecule has 0 aromatic heterocycles. The van der Waals surface area contributed by atoms with Crippen LogP contribution in [0.1, 0.15) is 50.4 Å². The normalized spacial score (nSPS) is 52.6. The fourth-order valence-electron chi connectivity index (χ4n) is 12.1. The molecule has 3 heterocycles. The Balaban J connectivity index is 1.32. The summed E-state index contributed by atoms with van der Waals surface area (Å²) in [6.07, 6.45) is -0.268. The SMILES string of the molecule is C=C1C[C@@]23C[C@H]4[C@@H]5[C@@]6(C)C[C@H](OC(=O)c7ccccc7)[C@@H](OC(C)=O)[C@@]57[C@H]([C@H]2[C@@H](O)[C@@H]1[C@@H](OC(C)=O)[C@H]37)N4C6. The molecule has 1 aromatic rings. The first-order chi connectivity index (χ1) is 18.5. The van der Waals surface area contributed by atoms with Crippen molar-refractivity contribution in [2.24, 2.45) is 39.9 Å². The van der Waals surface area contributed by atoms with E-state index in [9.17, 15) is 19.5 Å². The topological polar surface area (TPSA) is 102 Å². The molecule has 3 aliphatic heterocycles. The summed E-state index contributed by atoms with van der Waals surface area (Å²) in [6, 6.07) is 9.17. The zero-order valence-corrected chi connectivity index (χ0v) is 22.5. The van der Waals surface area contributed by atoms with Crippen molar-refractivity contribution in [2.45, 2.75) is 76.5 Å². The number of piperidine rings is 2. The van der Waals surface area contributed by atoms with Gasteiger partial charge in [-0.15, -0.1) is 0 Å². The van der Waals surface area contributed by atoms with E-state index in [0.717, 1.165) is 25.0 Å². The number of ether oxygens (including phenoxy) is 3. The molecule has 1 N–H and O–H groups in total. The minimum Gasteiger partial charge on any atom is -0.461 e. The van der Waals surface area contributed by atoms with Crippen LogP contribution < -0.4 is 0 Å². The van der Waals surface area contributed by atoms with Crippen molar-refractivity contribution in [3.63, 3.8) is 0 Å². The maximum atomic E-state index is 13.4. The van der Waals surface area contributed by atoms with Crippen molar-refractivity contribution in [3.05, 3.63) is 48.0 Å².